The van der Waals surface area contributed by atoms with Crippen molar-refractivity contribution in [1.82, 2.24) is 20.1 Å². The highest BCUT2D eigenvalue weighted by Gasteiger charge is 2.30. The Morgan fingerprint density at radius 2 is 1.78 bits per heavy atom. The van der Waals surface area contributed by atoms with Crippen molar-refractivity contribution in [1.29, 1.82) is 0 Å². The van der Waals surface area contributed by atoms with E-state index in [2.05, 4.69) is 15.1 Å². The topological polar surface area (TPSA) is 78.0 Å². The molecule has 3 aliphatic rings. The maximum Gasteiger partial charge on any atom is 0.254 e. The minimum atomic E-state index is -0.124. The SMILES string of the molecule is CC(C(=O)NC1CC1)N1CCN(c2cc(C(=O)N3CCOCC3)c3ccccc3n2)CC1. The Morgan fingerprint density at radius 3 is 2.50 bits per heavy atom. The third kappa shape index (κ3) is 4.42. The van der Waals surface area contributed by atoms with Gasteiger partial charge in [-0.1, -0.05) is 18.2 Å². The molecule has 170 valence electrons. The van der Waals surface area contributed by atoms with E-state index in [0.717, 1.165) is 55.7 Å². The highest BCUT2D eigenvalue weighted by Crippen LogP contribution is 2.26. The van der Waals surface area contributed by atoms with Crippen LogP contribution in [0.3, 0.4) is 0 Å². The number of aromatic nitrogens is 1. The Balaban J connectivity index is 1.33. The lowest BCUT2D eigenvalue weighted by Crippen LogP contribution is -2.54. The maximum absolute atomic E-state index is 13.3. The smallest absolute Gasteiger partial charge is 0.254 e. The summed E-state index contributed by atoms with van der Waals surface area (Å²) in [5.74, 6) is 0.996. The number of morpholine rings is 1. The molecule has 0 bridgehead atoms. The summed E-state index contributed by atoms with van der Waals surface area (Å²) in [5.41, 5.74) is 1.54. The number of rotatable bonds is 5. The fourth-order valence-corrected chi connectivity index (χ4v) is 4.49. The van der Waals surface area contributed by atoms with Gasteiger partial charge in [-0.2, -0.15) is 0 Å². The van der Waals surface area contributed by atoms with Crippen molar-refractivity contribution in [2.24, 2.45) is 0 Å². The van der Waals surface area contributed by atoms with Crippen LogP contribution in [0.25, 0.3) is 10.9 Å². The van der Waals surface area contributed by atoms with E-state index in [0.29, 0.717) is 37.9 Å². The number of piperazine rings is 1. The number of amides is 2. The standard InChI is InChI=1S/C24H31N5O3/c1-17(23(30)25-18-6-7-18)27-8-10-28(11-9-27)22-16-20(19-4-2-3-5-21(19)26-22)24(31)29-12-14-32-15-13-29/h2-5,16-18H,6-15H2,1H3,(H,25,30). The number of benzene rings is 1. The molecule has 1 N–H and O–H groups in total. The monoisotopic (exact) mass is 437 g/mol. The van der Waals surface area contributed by atoms with Gasteiger partial charge < -0.3 is 19.9 Å². The first-order valence-electron chi connectivity index (χ1n) is 11.7. The van der Waals surface area contributed by atoms with Crippen LogP contribution in [0.4, 0.5) is 5.82 Å². The van der Waals surface area contributed by atoms with Gasteiger partial charge in [0.1, 0.15) is 5.82 Å². The molecule has 1 saturated carbocycles. The first kappa shape index (κ1) is 21.2. The highest BCUT2D eigenvalue weighted by molar-refractivity contribution is 6.07. The molecule has 8 nitrogen and oxygen atoms in total. The van der Waals surface area contributed by atoms with E-state index in [1.807, 2.05) is 42.2 Å². The number of carbonyl (C=O) groups is 2. The Morgan fingerprint density at radius 1 is 1.06 bits per heavy atom. The van der Waals surface area contributed by atoms with Crippen LogP contribution in [0.15, 0.2) is 30.3 Å². The Labute approximate surface area is 188 Å². The Bertz CT molecular complexity index is 994. The summed E-state index contributed by atoms with van der Waals surface area (Å²) in [4.78, 5) is 37.0. The van der Waals surface area contributed by atoms with Crippen LogP contribution in [0.5, 0.6) is 0 Å². The van der Waals surface area contributed by atoms with E-state index in [-0.39, 0.29) is 17.9 Å². The van der Waals surface area contributed by atoms with Crippen molar-refractivity contribution < 1.29 is 14.3 Å². The van der Waals surface area contributed by atoms with Gasteiger partial charge in [0.25, 0.3) is 5.91 Å². The van der Waals surface area contributed by atoms with Gasteiger partial charge in [0.2, 0.25) is 5.91 Å². The maximum atomic E-state index is 13.3. The van der Waals surface area contributed by atoms with E-state index >= 15 is 0 Å². The van der Waals surface area contributed by atoms with E-state index in [4.69, 9.17) is 9.72 Å². The Kier molecular flexibility index (Phi) is 5.97. The van der Waals surface area contributed by atoms with Gasteiger partial charge in [0, 0.05) is 50.7 Å². The van der Waals surface area contributed by atoms with Crippen molar-refractivity contribution in [3.63, 3.8) is 0 Å². The molecule has 2 aliphatic heterocycles. The van der Waals surface area contributed by atoms with E-state index in [9.17, 15) is 9.59 Å². The van der Waals surface area contributed by atoms with Gasteiger partial charge in [0.05, 0.1) is 30.3 Å². The fraction of sp³-hybridized carbons (Fsp3) is 0.542. The number of ether oxygens (including phenoxy) is 1. The van der Waals surface area contributed by atoms with E-state index < -0.39 is 0 Å². The van der Waals surface area contributed by atoms with Gasteiger partial charge >= 0.3 is 0 Å². The molecular weight excluding hydrogens is 406 g/mol. The zero-order valence-corrected chi connectivity index (χ0v) is 18.6. The number of hydrogen-bond donors (Lipinski definition) is 1. The molecule has 3 heterocycles. The molecule has 3 fully saturated rings. The van der Waals surface area contributed by atoms with Crippen LogP contribution in [0, 0.1) is 0 Å². The van der Waals surface area contributed by atoms with Crippen molar-refractivity contribution in [2.45, 2.75) is 31.8 Å². The van der Waals surface area contributed by atoms with Crippen LogP contribution >= 0.6 is 0 Å². The zero-order chi connectivity index (χ0) is 22.1. The second kappa shape index (κ2) is 9.03. The molecule has 1 atom stereocenters. The molecule has 5 rings (SSSR count). The van der Waals surface area contributed by atoms with Crippen molar-refractivity contribution in [2.75, 3.05) is 57.4 Å². The summed E-state index contributed by atoms with van der Waals surface area (Å²) in [6.45, 7) is 7.51. The van der Waals surface area contributed by atoms with Gasteiger partial charge in [-0.3, -0.25) is 14.5 Å². The van der Waals surface area contributed by atoms with Crippen molar-refractivity contribution >= 4 is 28.5 Å². The number of pyridine rings is 1. The van der Waals surface area contributed by atoms with Crippen molar-refractivity contribution in [3.05, 3.63) is 35.9 Å². The van der Waals surface area contributed by atoms with Crippen LogP contribution < -0.4 is 10.2 Å². The average molecular weight is 438 g/mol. The number of fused-ring (bicyclic) bond motifs is 1. The molecule has 1 aliphatic carbocycles. The number of nitrogens with one attached hydrogen (secondary N) is 1. The average Bonchev–Trinajstić information content (AvgIpc) is 3.67. The zero-order valence-electron chi connectivity index (χ0n) is 18.6. The van der Waals surface area contributed by atoms with Crippen molar-refractivity contribution in [3.8, 4) is 0 Å². The van der Waals surface area contributed by atoms with Crippen LogP contribution in [0.1, 0.15) is 30.1 Å². The molecule has 2 amide bonds. The quantitative estimate of drug-likeness (QED) is 0.764. The number of para-hydroxylation sites is 1. The predicted octanol–water partition coefficient (Wildman–Crippen LogP) is 1.50. The normalized spacial score (nSPS) is 20.9. The molecule has 2 aromatic rings. The summed E-state index contributed by atoms with van der Waals surface area (Å²) in [6.07, 6.45) is 2.21. The summed E-state index contributed by atoms with van der Waals surface area (Å²) in [5, 5.41) is 3.99. The fourth-order valence-electron chi connectivity index (χ4n) is 4.49. The lowest BCUT2D eigenvalue weighted by molar-refractivity contribution is -0.126. The lowest BCUT2D eigenvalue weighted by Gasteiger charge is -2.38. The number of carbonyl (C=O) groups excluding carboxylic acids is 2. The summed E-state index contributed by atoms with van der Waals surface area (Å²) in [7, 11) is 0. The van der Waals surface area contributed by atoms with Gasteiger partial charge in [-0.15, -0.1) is 0 Å². The summed E-state index contributed by atoms with van der Waals surface area (Å²) >= 11 is 0. The third-order valence-electron chi connectivity index (χ3n) is 6.72. The predicted molar refractivity (Wildman–Crippen MR) is 123 cm³/mol. The molecular formula is C24H31N5O3. The van der Waals surface area contributed by atoms with Crippen LogP contribution in [-0.4, -0.2) is 91.2 Å². The number of hydrogen-bond acceptors (Lipinski definition) is 6. The summed E-state index contributed by atoms with van der Waals surface area (Å²) < 4.78 is 5.42. The largest absolute Gasteiger partial charge is 0.378 e. The molecule has 8 heteroatoms. The second-order valence-corrected chi connectivity index (χ2v) is 8.93. The first-order valence-corrected chi connectivity index (χ1v) is 11.7. The minimum Gasteiger partial charge on any atom is -0.378 e. The molecule has 32 heavy (non-hydrogen) atoms. The molecule has 1 aromatic carbocycles. The molecule has 0 radical (unpaired) electrons. The molecule has 0 spiro atoms. The van der Waals surface area contributed by atoms with Crippen LogP contribution in [0.2, 0.25) is 0 Å². The molecule has 2 saturated heterocycles. The van der Waals surface area contributed by atoms with Gasteiger partial charge in [-0.25, -0.2) is 4.98 Å². The van der Waals surface area contributed by atoms with E-state index in [1.54, 1.807) is 0 Å². The van der Waals surface area contributed by atoms with Gasteiger partial charge in [0.15, 0.2) is 0 Å². The Hall–Kier alpha value is -2.71. The number of anilines is 1. The second-order valence-electron chi connectivity index (χ2n) is 8.93. The first-order chi connectivity index (χ1) is 15.6. The minimum absolute atomic E-state index is 0.0390. The lowest BCUT2D eigenvalue weighted by atomic mass is 10.1. The highest BCUT2D eigenvalue weighted by atomic mass is 16.5. The summed E-state index contributed by atoms with van der Waals surface area (Å²) in [6, 6.07) is 10.1. The van der Waals surface area contributed by atoms with E-state index in [1.165, 1.54) is 0 Å². The molecule has 1 unspecified atom stereocenters. The van der Waals surface area contributed by atoms with Gasteiger partial charge in [-0.05, 0) is 31.9 Å². The molecule has 1 aromatic heterocycles. The van der Waals surface area contributed by atoms with Crippen LogP contribution in [-0.2, 0) is 9.53 Å². The third-order valence-corrected chi connectivity index (χ3v) is 6.72. The number of nitrogens with zero attached hydrogens (tertiary/aromatic N) is 4.